The maximum atomic E-state index is 12.5. The molecule has 2 heterocycles. The van der Waals surface area contributed by atoms with Gasteiger partial charge in [-0.1, -0.05) is 42.1 Å². The summed E-state index contributed by atoms with van der Waals surface area (Å²) >= 11 is 1.35. The van der Waals surface area contributed by atoms with Crippen molar-refractivity contribution in [2.24, 2.45) is 0 Å². The Labute approximate surface area is 162 Å². The number of para-hydroxylation sites is 1. The lowest BCUT2D eigenvalue weighted by Crippen LogP contribution is -2.08. The number of carbonyl (C=O) groups is 2. The molecule has 0 bridgehead atoms. The highest BCUT2D eigenvalue weighted by Gasteiger charge is 2.26. The molecule has 0 aliphatic carbocycles. The van der Waals surface area contributed by atoms with Gasteiger partial charge in [0.15, 0.2) is 0 Å². The Hall–Kier alpha value is -3.65. The van der Waals surface area contributed by atoms with Crippen LogP contribution in [0.3, 0.4) is 0 Å². The molecule has 0 amide bonds. The molecule has 0 N–H and O–H groups in total. The lowest BCUT2D eigenvalue weighted by atomic mass is 10.1. The molecule has 28 heavy (non-hydrogen) atoms. The second-order valence-electron chi connectivity index (χ2n) is 5.76. The van der Waals surface area contributed by atoms with E-state index < -0.39 is 16.8 Å². The molecule has 0 fully saturated rings. The number of nitro groups is 1. The second kappa shape index (κ2) is 7.16. The van der Waals surface area contributed by atoms with E-state index in [0.29, 0.717) is 16.0 Å². The summed E-state index contributed by atoms with van der Waals surface area (Å²) < 4.78 is 10.2. The van der Waals surface area contributed by atoms with Crippen molar-refractivity contribution in [3.8, 4) is 5.75 Å². The predicted molar refractivity (Wildman–Crippen MR) is 101 cm³/mol. The van der Waals surface area contributed by atoms with Gasteiger partial charge in [0.25, 0.3) is 0 Å². The van der Waals surface area contributed by atoms with Gasteiger partial charge in [0.05, 0.1) is 11.0 Å². The summed E-state index contributed by atoms with van der Waals surface area (Å²) in [5.74, 6) is -1.58. The van der Waals surface area contributed by atoms with Crippen LogP contribution in [0.4, 0.5) is 5.88 Å². The minimum atomic E-state index is -0.868. The first kappa shape index (κ1) is 17.7. The number of furan rings is 1. The predicted octanol–water partition coefficient (Wildman–Crippen LogP) is 4.74. The molecule has 7 nitrogen and oxygen atoms in total. The highest BCUT2D eigenvalue weighted by molar-refractivity contribution is 8.04. The number of esters is 1. The zero-order chi connectivity index (χ0) is 19.7. The number of Topliss-reactive ketones (excluding diaryl/α,β-unsaturated/α-hetero) is 1. The Morgan fingerprint density at radius 1 is 1.07 bits per heavy atom. The molecule has 2 aromatic carbocycles. The van der Waals surface area contributed by atoms with E-state index in [9.17, 15) is 19.7 Å². The van der Waals surface area contributed by atoms with Crippen molar-refractivity contribution in [2.75, 3.05) is 0 Å². The first-order chi connectivity index (χ1) is 13.5. The third kappa shape index (κ3) is 3.33. The highest BCUT2D eigenvalue weighted by Crippen LogP contribution is 2.41. The van der Waals surface area contributed by atoms with Gasteiger partial charge < -0.3 is 9.15 Å². The van der Waals surface area contributed by atoms with E-state index in [0.717, 1.165) is 11.0 Å². The molecule has 0 radical (unpaired) electrons. The summed E-state index contributed by atoms with van der Waals surface area (Å²) in [7, 11) is 0. The molecule has 0 unspecified atom stereocenters. The summed E-state index contributed by atoms with van der Waals surface area (Å²) in [6.45, 7) is 0. The quantitative estimate of drug-likeness (QED) is 0.208. The fraction of sp³-hybridized carbons (Fsp3) is 0. The Bertz CT molecular complexity index is 1150. The van der Waals surface area contributed by atoms with Crippen molar-refractivity contribution in [1.29, 1.82) is 0 Å². The number of thioether (sulfide) groups is 1. The molecule has 0 spiro atoms. The van der Waals surface area contributed by atoms with Gasteiger partial charge in [-0.25, -0.2) is 4.79 Å². The van der Waals surface area contributed by atoms with E-state index in [-0.39, 0.29) is 17.3 Å². The van der Waals surface area contributed by atoms with Crippen LogP contribution >= 0.6 is 11.8 Å². The number of allylic oxidation sites excluding steroid dienone is 1. The Kier molecular flexibility index (Phi) is 4.54. The number of fused-ring (bicyclic) bond motifs is 1. The van der Waals surface area contributed by atoms with Crippen LogP contribution in [0.15, 0.2) is 74.9 Å². The normalized spacial score (nSPS) is 14.1. The summed E-state index contributed by atoms with van der Waals surface area (Å²) in [6, 6.07) is 16.3. The van der Waals surface area contributed by atoms with Crippen molar-refractivity contribution < 1.29 is 23.7 Å². The number of hydrogen-bond acceptors (Lipinski definition) is 7. The van der Waals surface area contributed by atoms with Crippen LogP contribution in [0.1, 0.15) is 26.5 Å². The van der Waals surface area contributed by atoms with Crippen molar-refractivity contribution in [1.82, 2.24) is 0 Å². The molecule has 4 rings (SSSR count). The van der Waals surface area contributed by atoms with E-state index in [1.807, 2.05) is 12.1 Å². The molecular weight excluding hydrogens is 382 g/mol. The third-order valence-electron chi connectivity index (χ3n) is 3.96. The first-order valence-corrected chi connectivity index (χ1v) is 8.93. The van der Waals surface area contributed by atoms with Gasteiger partial charge in [0.1, 0.15) is 10.7 Å². The van der Waals surface area contributed by atoms with Crippen LogP contribution < -0.4 is 4.74 Å². The van der Waals surface area contributed by atoms with Crippen molar-refractivity contribution in [2.45, 2.75) is 4.90 Å². The SMILES string of the molecule is O=C(Oc1ccccc1C=C1Sc2ccccc2C1=O)c1ccc([N+](=O)[O-])o1. The molecule has 3 aromatic rings. The number of ketones is 1. The molecular formula is C20H11NO6S. The average molecular weight is 393 g/mol. The van der Waals surface area contributed by atoms with Gasteiger partial charge in [0.2, 0.25) is 11.5 Å². The molecule has 0 saturated heterocycles. The minimum absolute atomic E-state index is 0.0941. The van der Waals surface area contributed by atoms with Crippen LogP contribution in [-0.2, 0) is 0 Å². The summed E-state index contributed by atoms with van der Waals surface area (Å²) in [4.78, 5) is 36.1. The van der Waals surface area contributed by atoms with Gasteiger partial charge in [0, 0.05) is 16.0 Å². The van der Waals surface area contributed by atoms with Gasteiger partial charge >= 0.3 is 11.9 Å². The standard InChI is InChI=1S/C20H11NO6S/c22-19-13-6-2-4-8-16(13)28-17(19)11-12-5-1-3-7-14(12)27-20(23)15-9-10-18(26-15)21(24)25/h1-11H. The Balaban J connectivity index is 1.60. The number of carbonyl (C=O) groups excluding carboxylic acids is 2. The van der Waals surface area contributed by atoms with E-state index in [2.05, 4.69) is 0 Å². The number of ether oxygens (including phenoxy) is 1. The molecule has 8 heteroatoms. The van der Waals surface area contributed by atoms with Gasteiger partial charge in [-0.3, -0.25) is 14.9 Å². The lowest BCUT2D eigenvalue weighted by molar-refractivity contribution is -0.402. The molecule has 0 atom stereocenters. The van der Waals surface area contributed by atoms with Crippen LogP contribution in [0.5, 0.6) is 5.75 Å². The first-order valence-electron chi connectivity index (χ1n) is 8.11. The molecule has 1 aliphatic rings. The maximum absolute atomic E-state index is 12.5. The van der Waals surface area contributed by atoms with Gasteiger partial charge in [-0.15, -0.1) is 0 Å². The Morgan fingerprint density at radius 2 is 1.82 bits per heavy atom. The van der Waals surface area contributed by atoms with E-state index in [4.69, 9.17) is 9.15 Å². The zero-order valence-corrected chi connectivity index (χ0v) is 15.0. The monoisotopic (exact) mass is 393 g/mol. The summed E-state index contributed by atoms with van der Waals surface area (Å²) in [6.07, 6.45) is 1.65. The van der Waals surface area contributed by atoms with Crippen molar-refractivity contribution in [3.05, 3.63) is 92.6 Å². The number of hydrogen-bond donors (Lipinski definition) is 0. The maximum Gasteiger partial charge on any atom is 0.433 e. The minimum Gasteiger partial charge on any atom is -0.420 e. The van der Waals surface area contributed by atoms with Crippen LogP contribution in [0.2, 0.25) is 0 Å². The summed E-state index contributed by atoms with van der Waals surface area (Å²) in [5, 5.41) is 10.7. The van der Waals surface area contributed by atoms with E-state index in [1.54, 1.807) is 42.5 Å². The molecule has 1 aliphatic heterocycles. The number of nitrogens with zero attached hydrogens (tertiary/aromatic N) is 1. The van der Waals surface area contributed by atoms with Gasteiger partial charge in [-0.05, 0) is 30.3 Å². The van der Waals surface area contributed by atoms with E-state index in [1.165, 1.54) is 17.8 Å². The van der Waals surface area contributed by atoms with Crippen LogP contribution in [0, 0.1) is 10.1 Å². The third-order valence-corrected chi connectivity index (χ3v) is 5.06. The fourth-order valence-corrected chi connectivity index (χ4v) is 3.70. The van der Waals surface area contributed by atoms with Gasteiger partial charge in [-0.2, -0.15) is 0 Å². The number of rotatable bonds is 4. The van der Waals surface area contributed by atoms with Crippen LogP contribution in [0.25, 0.3) is 6.08 Å². The molecule has 1 aromatic heterocycles. The molecule has 0 saturated carbocycles. The Morgan fingerprint density at radius 3 is 2.57 bits per heavy atom. The smallest absolute Gasteiger partial charge is 0.420 e. The number of benzene rings is 2. The lowest BCUT2D eigenvalue weighted by Gasteiger charge is -2.06. The van der Waals surface area contributed by atoms with E-state index >= 15 is 0 Å². The second-order valence-corrected chi connectivity index (χ2v) is 6.84. The largest absolute Gasteiger partial charge is 0.433 e. The fourth-order valence-electron chi connectivity index (χ4n) is 2.66. The van der Waals surface area contributed by atoms with Crippen molar-refractivity contribution >= 4 is 35.5 Å². The zero-order valence-electron chi connectivity index (χ0n) is 14.2. The van der Waals surface area contributed by atoms with Crippen molar-refractivity contribution in [3.63, 3.8) is 0 Å². The highest BCUT2D eigenvalue weighted by atomic mass is 32.2. The topological polar surface area (TPSA) is 99.7 Å². The van der Waals surface area contributed by atoms with Crippen LogP contribution in [-0.4, -0.2) is 16.7 Å². The summed E-state index contributed by atoms with van der Waals surface area (Å²) in [5.41, 5.74) is 1.16. The average Bonchev–Trinajstić information content (AvgIpc) is 3.30. The molecule has 138 valence electrons.